The Balaban J connectivity index is 1.91. The molecule has 3 heteroatoms. The van der Waals surface area contributed by atoms with Crippen LogP contribution in [-0.2, 0) is 4.79 Å². The molecule has 0 radical (unpaired) electrons. The van der Waals surface area contributed by atoms with E-state index >= 15 is 0 Å². The molecule has 0 bridgehead atoms. The van der Waals surface area contributed by atoms with Crippen molar-refractivity contribution >= 4 is 17.3 Å². The molecule has 0 aliphatic carbocycles. The van der Waals surface area contributed by atoms with Crippen LogP contribution in [0.3, 0.4) is 0 Å². The molecule has 0 aliphatic rings. The van der Waals surface area contributed by atoms with Crippen LogP contribution in [0.4, 0.5) is 11.4 Å². The predicted octanol–water partition coefficient (Wildman–Crippen LogP) is 3.11. The first-order valence-corrected chi connectivity index (χ1v) is 6.39. The second-order valence-corrected chi connectivity index (χ2v) is 4.28. The smallest absolute Gasteiger partial charge is 0.221 e. The Kier molecular flexibility index (Phi) is 4.80. The van der Waals surface area contributed by atoms with E-state index in [0.717, 1.165) is 16.9 Å². The van der Waals surface area contributed by atoms with E-state index in [9.17, 15) is 4.79 Å². The number of amides is 1. The highest BCUT2D eigenvalue weighted by Crippen LogP contribution is 2.14. The molecule has 0 unspecified atom stereocenters. The monoisotopic (exact) mass is 264 g/mol. The SMILES string of the molecule is CC(=O)Nc1cccc(NCC#Cc2ccccc2)c1. The van der Waals surface area contributed by atoms with Crippen molar-refractivity contribution < 1.29 is 4.79 Å². The first-order chi connectivity index (χ1) is 9.74. The van der Waals surface area contributed by atoms with E-state index in [4.69, 9.17) is 0 Å². The molecule has 0 atom stereocenters. The summed E-state index contributed by atoms with van der Waals surface area (Å²) in [6.45, 7) is 2.05. The van der Waals surface area contributed by atoms with E-state index in [1.165, 1.54) is 6.92 Å². The molecule has 0 saturated carbocycles. The van der Waals surface area contributed by atoms with Crippen molar-refractivity contribution in [1.29, 1.82) is 0 Å². The van der Waals surface area contributed by atoms with Crippen LogP contribution in [0.2, 0.25) is 0 Å². The van der Waals surface area contributed by atoms with Gasteiger partial charge in [-0.05, 0) is 30.3 Å². The Morgan fingerprint density at radius 3 is 2.55 bits per heavy atom. The zero-order valence-corrected chi connectivity index (χ0v) is 11.3. The summed E-state index contributed by atoms with van der Waals surface area (Å²) in [5.74, 6) is 6.06. The first kappa shape index (κ1) is 13.7. The van der Waals surface area contributed by atoms with Crippen molar-refractivity contribution in [3.8, 4) is 11.8 Å². The fourth-order valence-electron chi connectivity index (χ4n) is 1.72. The van der Waals surface area contributed by atoms with Gasteiger partial charge in [0.15, 0.2) is 0 Å². The predicted molar refractivity (Wildman–Crippen MR) is 82.6 cm³/mol. The summed E-state index contributed by atoms with van der Waals surface area (Å²) in [6.07, 6.45) is 0. The van der Waals surface area contributed by atoms with Crippen molar-refractivity contribution in [2.75, 3.05) is 17.2 Å². The second kappa shape index (κ2) is 7.01. The zero-order chi connectivity index (χ0) is 14.2. The lowest BCUT2D eigenvalue weighted by atomic mass is 10.2. The Morgan fingerprint density at radius 2 is 1.80 bits per heavy atom. The van der Waals surface area contributed by atoms with Gasteiger partial charge in [0.1, 0.15) is 0 Å². The van der Waals surface area contributed by atoms with Gasteiger partial charge in [-0.15, -0.1) is 0 Å². The van der Waals surface area contributed by atoms with Gasteiger partial charge in [0, 0.05) is 23.9 Å². The molecule has 2 aromatic carbocycles. The van der Waals surface area contributed by atoms with E-state index in [1.54, 1.807) is 0 Å². The van der Waals surface area contributed by atoms with E-state index < -0.39 is 0 Å². The van der Waals surface area contributed by atoms with Crippen LogP contribution in [0.1, 0.15) is 12.5 Å². The molecular weight excluding hydrogens is 248 g/mol. The third-order valence-electron chi connectivity index (χ3n) is 2.57. The Labute approximate surface area is 119 Å². The fraction of sp³-hybridized carbons (Fsp3) is 0.118. The molecule has 0 aromatic heterocycles. The molecular formula is C17H16N2O. The number of rotatable bonds is 3. The highest BCUT2D eigenvalue weighted by atomic mass is 16.1. The minimum Gasteiger partial charge on any atom is -0.374 e. The number of hydrogen-bond donors (Lipinski definition) is 2. The van der Waals surface area contributed by atoms with Gasteiger partial charge < -0.3 is 10.6 Å². The van der Waals surface area contributed by atoms with Gasteiger partial charge in [-0.2, -0.15) is 0 Å². The highest BCUT2D eigenvalue weighted by Gasteiger charge is 1.96. The number of benzene rings is 2. The highest BCUT2D eigenvalue weighted by molar-refractivity contribution is 5.89. The molecule has 3 nitrogen and oxygen atoms in total. The van der Waals surface area contributed by atoms with Crippen LogP contribution >= 0.6 is 0 Å². The van der Waals surface area contributed by atoms with Crippen LogP contribution < -0.4 is 10.6 Å². The van der Waals surface area contributed by atoms with Gasteiger partial charge in [0.25, 0.3) is 0 Å². The molecule has 0 aliphatic heterocycles. The summed E-state index contributed by atoms with van der Waals surface area (Å²) >= 11 is 0. The van der Waals surface area contributed by atoms with Gasteiger partial charge in [-0.3, -0.25) is 4.79 Å². The molecule has 2 aromatic rings. The van der Waals surface area contributed by atoms with Crippen molar-refractivity contribution in [1.82, 2.24) is 0 Å². The molecule has 0 saturated heterocycles. The Bertz CT molecular complexity index is 639. The van der Waals surface area contributed by atoms with Crippen molar-refractivity contribution in [2.24, 2.45) is 0 Å². The van der Waals surface area contributed by atoms with Crippen LogP contribution in [0.5, 0.6) is 0 Å². The fourth-order valence-corrected chi connectivity index (χ4v) is 1.72. The molecule has 2 rings (SSSR count). The number of nitrogens with one attached hydrogen (secondary N) is 2. The summed E-state index contributed by atoms with van der Waals surface area (Å²) in [6, 6.07) is 17.4. The summed E-state index contributed by atoms with van der Waals surface area (Å²) in [4.78, 5) is 11.0. The summed E-state index contributed by atoms with van der Waals surface area (Å²) < 4.78 is 0. The average Bonchev–Trinajstić information content (AvgIpc) is 2.44. The molecule has 100 valence electrons. The maximum absolute atomic E-state index is 11.0. The van der Waals surface area contributed by atoms with Crippen LogP contribution in [0, 0.1) is 11.8 Å². The zero-order valence-electron chi connectivity index (χ0n) is 11.3. The molecule has 0 heterocycles. The van der Waals surface area contributed by atoms with Crippen LogP contribution in [-0.4, -0.2) is 12.5 Å². The van der Waals surface area contributed by atoms with Gasteiger partial charge in [0.05, 0.1) is 6.54 Å². The van der Waals surface area contributed by atoms with Crippen molar-refractivity contribution in [2.45, 2.75) is 6.92 Å². The van der Waals surface area contributed by atoms with Crippen LogP contribution in [0.25, 0.3) is 0 Å². The lowest BCUT2D eigenvalue weighted by Gasteiger charge is -2.06. The molecule has 2 N–H and O–H groups in total. The maximum atomic E-state index is 11.0. The minimum atomic E-state index is -0.0778. The van der Waals surface area contributed by atoms with Crippen molar-refractivity contribution in [3.05, 3.63) is 60.2 Å². The first-order valence-electron chi connectivity index (χ1n) is 6.39. The third kappa shape index (κ3) is 4.51. The number of hydrogen-bond acceptors (Lipinski definition) is 2. The normalized spacial score (nSPS) is 9.25. The van der Waals surface area contributed by atoms with Gasteiger partial charge in [-0.25, -0.2) is 0 Å². The summed E-state index contributed by atoms with van der Waals surface area (Å²) in [5, 5.41) is 5.95. The van der Waals surface area contributed by atoms with E-state index in [2.05, 4.69) is 22.5 Å². The van der Waals surface area contributed by atoms with Gasteiger partial charge >= 0.3 is 0 Å². The molecule has 0 spiro atoms. The number of anilines is 2. The molecule has 20 heavy (non-hydrogen) atoms. The van der Waals surface area contributed by atoms with Gasteiger partial charge in [0.2, 0.25) is 5.91 Å². The Morgan fingerprint density at radius 1 is 1.05 bits per heavy atom. The average molecular weight is 264 g/mol. The lowest BCUT2D eigenvalue weighted by Crippen LogP contribution is -2.06. The van der Waals surface area contributed by atoms with Crippen LogP contribution in [0.15, 0.2) is 54.6 Å². The Hall–Kier alpha value is -2.73. The third-order valence-corrected chi connectivity index (χ3v) is 2.57. The van der Waals surface area contributed by atoms with Crippen molar-refractivity contribution in [3.63, 3.8) is 0 Å². The summed E-state index contributed by atoms with van der Waals surface area (Å²) in [5.41, 5.74) is 2.71. The van der Waals surface area contributed by atoms with Gasteiger partial charge in [-0.1, -0.05) is 36.1 Å². The standard InChI is InChI=1S/C17H16N2O/c1-14(20)19-17-11-5-10-16(13-17)18-12-6-9-15-7-3-2-4-8-15/h2-5,7-8,10-11,13,18H,12H2,1H3,(H,19,20). The quantitative estimate of drug-likeness (QED) is 0.836. The largest absolute Gasteiger partial charge is 0.374 e. The van der Waals surface area contributed by atoms with E-state index in [1.807, 2.05) is 54.6 Å². The topological polar surface area (TPSA) is 41.1 Å². The second-order valence-electron chi connectivity index (χ2n) is 4.28. The van der Waals surface area contributed by atoms with E-state index in [-0.39, 0.29) is 5.91 Å². The maximum Gasteiger partial charge on any atom is 0.221 e. The molecule has 1 amide bonds. The number of carbonyl (C=O) groups is 1. The molecule has 0 fully saturated rings. The number of carbonyl (C=O) groups excluding carboxylic acids is 1. The lowest BCUT2D eigenvalue weighted by molar-refractivity contribution is -0.114. The van der Waals surface area contributed by atoms with E-state index in [0.29, 0.717) is 6.54 Å². The summed E-state index contributed by atoms with van der Waals surface area (Å²) in [7, 11) is 0. The minimum absolute atomic E-state index is 0.0778.